The third-order valence-corrected chi connectivity index (χ3v) is 6.88. The Kier molecular flexibility index (Phi) is 5.40. The minimum atomic E-state index is -0.222. The SMILES string of the molecule is CCOC(=O)N1CC2(CCC(N3CCN(c4ncccc4-c4cnccn4)CC3=O)C2)C1. The number of anilines is 1. The smallest absolute Gasteiger partial charge is 0.409 e. The van der Waals surface area contributed by atoms with Crippen LogP contribution in [-0.4, -0.2) is 82.1 Å². The second-order valence-corrected chi connectivity index (χ2v) is 8.93. The van der Waals surface area contributed by atoms with Gasteiger partial charge in [0.05, 0.1) is 25.0 Å². The predicted octanol–water partition coefficient (Wildman–Crippen LogP) is 2.20. The zero-order chi connectivity index (χ0) is 22.1. The van der Waals surface area contributed by atoms with Gasteiger partial charge in [-0.3, -0.25) is 14.8 Å². The molecule has 168 valence electrons. The molecule has 0 radical (unpaired) electrons. The van der Waals surface area contributed by atoms with Crippen molar-refractivity contribution in [2.45, 2.75) is 32.2 Å². The van der Waals surface area contributed by atoms with E-state index in [1.54, 1.807) is 29.7 Å². The molecule has 0 bridgehead atoms. The molecule has 1 atom stereocenters. The van der Waals surface area contributed by atoms with E-state index < -0.39 is 0 Å². The van der Waals surface area contributed by atoms with Gasteiger partial charge in [-0.15, -0.1) is 0 Å². The Balaban J connectivity index is 1.22. The number of likely N-dealkylation sites (tertiary alicyclic amines) is 1. The van der Waals surface area contributed by atoms with Gasteiger partial charge in [0.2, 0.25) is 5.91 Å². The maximum Gasteiger partial charge on any atom is 0.409 e. The number of ether oxygens (including phenoxy) is 1. The highest BCUT2D eigenvalue weighted by Gasteiger charge is 2.52. The standard InChI is InChI=1S/C23H28N6O3/c1-2-32-22(31)28-15-23(16-28)6-5-17(12-23)29-11-10-27(14-20(29)30)21-18(4-3-7-26-21)19-13-24-8-9-25-19/h3-4,7-9,13,17H,2,5-6,10-12,14-16H2,1H3. The molecule has 9 nitrogen and oxygen atoms in total. The van der Waals surface area contributed by atoms with Crippen LogP contribution in [0.1, 0.15) is 26.2 Å². The largest absolute Gasteiger partial charge is 0.450 e. The number of rotatable bonds is 4. The first-order valence-electron chi connectivity index (χ1n) is 11.3. The quantitative estimate of drug-likeness (QED) is 0.726. The normalized spacial score (nSPS) is 22.2. The molecule has 5 rings (SSSR count). The van der Waals surface area contributed by atoms with E-state index in [9.17, 15) is 9.59 Å². The summed E-state index contributed by atoms with van der Waals surface area (Å²) in [6.07, 6.45) is 9.56. The highest BCUT2D eigenvalue weighted by atomic mass is 16.6. The fourth-order valence-corrected chi connectivity index (χ4v) is 5.38. The van der Waals surface area contributed by atoms with E-state index >= 15 is 0 Å². The van der Waals surface area contributed by atoms with Crippen molar-refractivity contribution in [2.24, 2.45) is 5.41 Å². The fraction of sp³-hybridized carbons (Fsp3) is 0.522. The summed E-state index contributed by atoms with van der Waals surface area (Å²) in [6, 6.07) is 4.09. The molecule has 1 aliphatic carbocycles. The number of amides is 2. The van der Waals surface area contributed by atoms with Crippen molar-refractivity contribution in [3.63, 3.8) is 0 Å². The van der Waals surface area contributed by atoms with Crippen LogP contribution in [0.2, 0.25) is 0 Å². The molecule has 2 aromatic heterocycles. The zero-order valence-corrected chi connectivity index (χ0v) is 18.3. The molecule has 1 spiro atoms. The van der Waals surface area contributed by atoms with Gasteiger partial charge in [0, 0.05) is 61.8 Å². The van der Waals surface area contributed by atoms with Crippen LogP contribution in [0.15, 0.2) is 36.9 Å². The van der Waals surface area contributed by atoms with Gasteiger partial charge in [0.15, 0.2) is 0 Å². The van der Waals surface area contributed by atoms with Crippen LogP contribution in [0.5, 0.6) is 0 Å². The van der Waals surface area contributed by atoms with E-state index in [2.05, 4.69) is 15.0 Å². The summed E-state index contributed by atoms with van der Waals surface area (Å²) >= 11 is 0. The van der Waals surface area contributed by atoms with Crippen molar-refractivity contribution in [3.05, 3.63) is 36.9 Å². The first kappa shape index (κ1) is 20.7. The Bertz CT molecular complexity index is 994. The van der Waals surface area contributed by atoms with Crippen LogP contribution in [0, 0.1) is 5.41 Å². The number of pyridine rings is 1. The highest BCUT2D eigenvalue weighted by molar-refractivity contribution is 5.85. The number of carbonyl (C=O) groups is 2. The van der Waals surface area contributed by atoms with Gasteiger partial charge in [-0.25, -0.2) is 9.78 Å². The van der Waals surface area contributed by atoms with Crippen LogP contribution in [0.4, 0.5) is 10.6 Å². The maximum absolute atomic E-state index is 13.1. The van der Waals surface area contributed by atoms with Crippen LogP contribution >= 0.6 is 0 Å². The van der Waals surface area contributed by atoms with Crippen LogP contribution in [0.25, 0.3) is 11.3 Å². The third-order valence-electron chi connectivity index (χ3n) is 6.88. The lowest BCUT2D eigenvalue weighted by atomic mass is 9.78. The van der Waals surface area contributed by atoms with Gasteiger partial charge in [-0.2, -0.15) is 0 Å². The van der Waals surface area contributed by atoms with Gasteiger partial charge >= 0.3 is 6.09 Å². The van der Waals surface area contributed by atoms with Crippen LogP contribution < -0.4 is 4.90 Å². The Labute approximate surface area is 187 Å². The fourth-order valence-electron chi connectivity index (χ4n) is 5.38. The summed E-state index contributed by atoms with van der Waals surface area (Å²) in [5.41, 5.74) is 1.78. The summed E-state index contributed by atoms with van der Waals surface area (Å²) in [5.74, 6) is 0.906. The van der Waals surface area contributed by atoms with Crippen LogP contribution in [0.3, 0.4) is 0 Å². The van der Waals surface area contributed by atoms with E-state index in [4.69, 9.17) is 4.74 Å². The second-order valence-electron chi connectivity index (χ2n) is 8.93. The minimum absolute atomic E-state index is 0.135. The van der Waals surface area contributed by atoms with E-state index in [-0.39, 0.29) is 23.5 Å². The average Bonchev–Trinajstić information content (AvgIpc) is 3.24. The second kappa shape index (κ2) is 8.37. The zero-order valence-electron chi connectivity index (χ0n) is 18.3. The first-order valence-corrected chi connectivity index (χ1v) is 11.3. The highest BCUT2D eigenvalue weighted by Crippen LogP contribution is 2.47. The number of hydrogen-bond donors (Lipinski definition) is 0. The minimum Gasteiger partial charge on any atom is -0.450 e. The first-order chi connectivity index (χ1) is 15.6. The van der Waals surface area contributed by atoms with Crippen molar-refractivity contribution >= 4 is 17.8 Å². The number of nitrogens with zero attached hydrogens (tertiary/aromatic N) is 6. The van der Waals surface area contributed by atoms with E-state index in [1.165, 1.54) is 0 Å². The van der Waals surface area contributed by atoms with Crippen molar-refractivity contribution in [1.29, 1.82) is 0 Å². The van der Waals surface area contributed by atoms with Crippen molar-refractivity contribution < 1.29 is 14.3 Å². The lowest BCUT2D eigenvalue weighted by molar-refractivity contribution is -0.133. The summed E-state index contributed by atoms with van der Waals surface area (Å²) < 4.78 is 5.11. The van der Waals surface area contributed by atoms with Crippen molar-refractivity contribution in [2.75, 3.05) is 44.2 Å². The topological polar surface area (TPSA) is 91.8 Å². The molecule has 2 amide bonds. The third kappa shape index (κ3) is 3.76. The van der Waals surface area contributed by atoms with Gasteiger partial charge in [0.1, 0.15) is 5.82 Å². The number of hydrogen-bond acceptors (Lipinski definition) is 7. The maximum atomic E-state index is 13.1. The molecule has 32 heavy (non-hydrogen) atoms. The van der Waals surface area contributed by atoms with Gasteiger partial charge < -0.3 is 19.4 Å². The van der Waals surface area contributed by atoms with Gasteiger partial charge in [-0.1, -0.05) is 0 Å². The van der Waals surface area contributed by atoms with E-state index in [1.807, 2.05) is 28.9 Å². The summed E-state index contributed by atoms with van der Waals surface area (Å²) in [5, 5.41) is 0. The van der Waals surface area contributed by atoms with E-state index in [0.29, 0.717) is 19.7 Å². The average molecular weight is 437 g/mol. The Morgan fingerprint density at radius 1 is 1.22 bits per heavy atom. The Hall–Kier alpha value is -3.23. The van der Waals surface area contributed by atoms with E-state index in [0.717, 1.165) is 56.0 Å². The molecule has 1 saturated carbocycles. The summed E-state index contributed by atoms with van der Waals surface area (Å²) in [4.78, 5) is 44.0. The predicted molar refractivity (Wildman–Crippen MR) is 118 cm³/mol. The molecule has 4 heterocycles. The molecule has 0 aromatic carbocycles. The molecular formula is C23H28N6O3. The molecule has 1 unspecified atom stereocenters. The summed E-state index contributed by atoms with van der Waals surface area (Å²) in [7, 11) is 0. The Morgan fingerprint density at radius 2 is 2.09 bits per heavy atom. The summed E-state index contributed by atoms with van der Waals surface area (Å²) in [6.45, 7) is 5.43. The molecule has 2 aliphatic heterocycles. The lowest BCUT2D eigenvalue weighted by Crippen LogP contribution is -2.59. The molecule has 0 N–H and O–H groups in total. The van der Waals surface area contributed by atoms with Crippen LogP contribution in [-0.2, 0) is 9.53 Å². The molecule has 3 aliphatic rings. The molecular weight excluding hydrogens is 408 g/mol. The molecule has 2 saturated heterocycles. The number of carbonyl (C=O) groups excluding carboxylic acids is 2. The van der Waals surface area contributed by atoms with Gasteiger partial charge in [-0.05, 0) is 38.3 Å². The monoisotopic (exact) mass is 436 g/mol. The van der Waals surface area contributed by atoms with Crippen molar-refractivity contribution in [1.82, 2.24) is 24.8 Å². The number of piperazine rings is 1. The molecule has 3 fully saturated rings. The number of aromatic nitrogens is 3. The molecule has 2 aromatic rings. The molecule has 9 heteroatoms. The Morgan fingerprint density at radius 3 is 2.84 bits per heavy atom. The lowest BCUT2D eigenvalue weighted by Gasteiger charge is -2.48. The van der Waals surface area contributed by atoms with Gasteiger partial charge in [0.25, 0.3) is 0 Å². The van der Waals surface area contributed by atoms with Crippen molar-refractivity contribution in [3.8, 4) is 11.3 Å².